The third-order valence-electron chi connectivity index (χ3n) is 5.44. The van der Waals surface area contributed by atoms with Gasteiger partial charge in [-0.05, 0) is 55.5 Å². The zero-order valence-corrected chi connectivity index (χ0v) is 17.8. The summed E-state index contributed by atoms with van der Waals surface area (Å²) in [4.78, 5) is 28.1. The summed E-state index contributed by atoms with van der Waals surface area (Å²) >= 11 is 1.65. The van der Waals surface area contributed by atoms with E-state index in [1.54, 1.807) is 16.7 Å². The van der Waals surface area contributed by atoms with Crippen molar-refractivity contribution < 1.29 is 19.1 Å². The van der Waals surface area contributed by atoms with Gasteiger partial charge in [0.15, 0.2) is 0 Å². The highest BCUT2D eigenvalue weighted by molar-refractivity contribution is 7.98. The molecule has 6 nitrogen and oxygen atoms in total. The van der Waals surface area contributed by atoms with Crippen LogP contribution in [0.5, 0.6) is 5.75 Å². The molecular formula is C23H26N2O4S. The summed E-state index contributed by atoms with van der Waals surface area (Å²) in [6.45, 7) is 1.69. The Labute approximate surface area is 180 Å². The van der Waals surface area contributed by atoms with Crippen molar-refractivity contribution in [3.8, 4) is 5.75 Å². The van der Waals surface area contributed by atoms with Gasteiger partial charge in [0, 0.05) is 41.9 Å². The minimum absolute atomic E-state index is 0.0271. The van der Waals surface area contributed by atoms with Crippen molar-refractivity contribution in [1.29, 1.82) is 0 Å². The fourth-order valence-electron chi connectivity index (χ4n) is 3.77. The van der Waals surface area contributed by atoms with Crippen LogP contribution in [-0.2, 0) is 14.3 Å². The lowest BCUT2D eigenvalue weighted by molar-refractivity contribution is -0.122. The van der Waals surface area contributed by atoms with E-state index in [2.05, 4.69) is 5.32 Å². The summed E-state index contributed by atoms with van der Waals surface area (Å²) in [5.41, 5.74) is 1.50. The van der Waals surface area contributed by atoms with E-state index < -0.39 is 0 Å². The molecule has 158 valence electrons. The quantitative estimate of drug-likeness (QED) is 0.679. The van der Waals surface area contributed by atoms with Gasteiger partial charge in [-0.15, -0.1) is 11.8 Å². The number of carbonyl (C=O) groups is 2. The first kappa shape index (κ1) is 20.8. The molecule has 0 bridgehead atoms. The Bertz CT molecular complexity index is 896. The van der Waals surface area contributed by atoms with Crippen LogP contribution in [0.1, 0.15) is 19.3 Å². The molecule has 2 aromatic rings. The van der Waals surface area contributed by atoms with Crippen molar-refractivity contribution >= 4 is 35.0 Å². The maximum atomic E-state index is 12.8. The maximum Gasteiger partial charge on any atom is 0.229 e. The summed E-state index contributed by atoms with van der Waals surface area (Å²) in [6.07, 6.45) is 4.46. The molecule has 2 fully saturated rings. The Balaban J connectivity index is 1.34. The molecule has 2 unspecified atom stereocenters. The van der Waals surface area contributed by atoms with Crippen LogP contribution in [0.25, 0.3) is 0 Å². The summed E-state index contributed by atoms with van der Waals surface area (Å²) in [5.74, 6) is 0.138. The third-order valence-corrected chi connectivity index (χ3v) is 6.18. The van der Waals surface area contributed by atoms with Gasteiger partial charge in [0.25, 0.3) is 0 Å². The summed E-state index contributed by atoms with van der Waals surface area (Å²) in [5, 5.41) is 2.93. The van der Waals surface area contributed by atoms with Crippen LogP contribution in [-0.4, -0.2) is 43.9 Å². The molecule has 2 saturated heterocycles. The van der Waals surface area contributed by atoms with E-state index in [9.17, 15) is 9.59 Å². The second kappa shape index (κ2) is 9.53. The lowest BCUT2D eigenvalue weighted by Crippen LogP contribution is -2.28. The largest absolute Gasteiger partial charge is 0.491 e. The highest BCUT2D eigenvalue weighted by Crippen LogP contribution is 2.28. The van der Waals surface area contributed by atoms with E-state index in [-0.39, 0.29) is 30.3 Å². The van der Waals surface area contributed by atoms with E-state index >= 15 is 0 Å². The first-order valence-corrected chi connectivity index (χ1v) is 11.4. The summed E-state index contributed by atoms with van der Waals surface area (Å²) in [7, 11) is 0. The van der Waals surface area contributed by atoms with Crippen LogP contribution in [0, 0.1) is 5.92 Å². The second-order valence-corrected chi connectivity index (χ2v) is 8.45. The molecule has 0 saturated carbocycles. The normalized spacial score (nSPS) is 21.1. The zero-order chi connectivity index (χ0) is 20.9. The number of hydrogen-bond acceptors (Lipinski definition) is 5. The number of carbonyl (C=O) groups excluding carboxylic acids is 2. The molecule has 2 aromatic carbocycles. The first-order chi connectivity index (χ1) is 14.6. The van der Waals surface area contributed by atoms with E-state index in [1.165, 1.54) is 0 Å². The predicted molar refractivity (Wildman–Crippen MR) is 118 cm³/mol. The van der Waals surface area contributed by atoms with Gasteiger partial charge in [0.05, 0.1) is 12.0 Å². The Morgan fingerprint density at radius 2 is 2.10 bits per heavy atom. The van der Waals surface area contributed by atoms with Crippen LogP contribution in [0.15, 0.2) is 53.4 Å². The molecule has 30 heavy (non-hydrogen) atoms. The lowest BCUT2D eigenvalue weighted by atomic mass is 10.1. The molecule has 7 heteroatoms. The van der Waals surface area contributed by atoms with Crippen LogP contribution in [0.3, 0.4) is 0 Å². The Morgan fingerprint density at radius 3 is 2.83 bits per heavy atom. The number of anilines is 2. The van der Waals surface area contributed by atoms with Gasteiger partial charge in [-0.1, -0.05) is 6.07 Å². The minimum Gasteiger partial charge on any atom is -0.491 e. The highest BCUT2D eigenvalue weighted by atomic mass is 32.2. The van der Waals surface area contributed by atoms with Gasteiger partial charge in [-0.3, -0.25) is 9.59 Å². The molecule has 4 rings (SSSR count). The van der Waals surface area contributed by atoms with Crippen molar-refractivity contribution in [2.45, 2.75) is 30.3 Å². The van der Waals surface area contributed by atoms with Crippen molar-refractivity contribution in [2.24, 2.45) is 5.92 Å². The molecule has 2 amide bonds. The Kier molecular flexibility index (Phi) is 6.59. The molecule has 1 N–H and O–H groups in total. The molecule has 2 aliphatic rings. The van der Waals surface area contributed by atoms with Crippen LogP contribution >= 0.6 is 11.8 Å². The minimum atomic E-state index is -0.380. The molecular weight excluding hydrogens is 400 g/mol. The fourth-order valence-corrected chi connectivity index (χ4v) is 4.18. The number of thioether (sulfide) groups is 1. The van der Waals surface area contributed by atoms with Crippen LogP contribution in [0.4, 0.5) is 11.4 Å². The topological polar surface area (TPSA) is 67.9 Å². The molecule has 2 aliphatic heterocycles. The monoisotopic (exact) mass is 426 g/mol. The smallest absolute Gasteiger partial charge is 0.229 e. The van der Waals surface area contributed by atoms with E-state index in [0.29, 0.717) is 24.6 Å². The molecule has 0 aromatic heterocycles. The van der Waals surface area contributed by atoms with Crippen molar-refractivity contribution in [3.05, 3.63) is 48.5 Å². The molecule has 2 heterocycles. The molecule has 0 aliphatic carbocycles. The second-order valence-electron chi connectivity index (χ2n) is 7.57. The van der Waals surface area contributed by atoms with Gasteiger partial charge in [0.1, 0.15) is 12.4 Å². The number of amides is 2. The number of nitrogens with zero attached hydrogens (tertiary/aromatic N) is 1. The third kappa shape index (κ3) is 4.96. The zero-order valence-electron chi connectivity index (χ0n) is 17.0. The number of hydrogen-bond donors (Lipinski definition) is 1. The lowest BCUT2D eigenvalue weighted by Gasteiger charge is -2.17. The van der Waals surface area contributed by atoms with Gasteiger partial charge in [-0.25, -0.2) is 0 Å². The number of nitrogens with one attached hydrogen (secondary N) is 1. The van der Waals surface area contributed by atoms with Crippen LogP contribution in [0.2, 0.25) is 0 Å². The van der Waals surface area contributed by atoms with Gasteiger partial charge < -0.3 is 19.7 Å². The maximum absolute atomic E-state index is 12.8. The SMILES string of the molecule is CSc1ccc(N2CC(C(=O)Nc3cccc(OCC4CCCO4)c3)CC2=O)cc1. The fraction of sp³-hybridized carbons (Fsp3) is 0.391. The van der Waals surface area contributed by atoms with E-state index in [1.807, 2.05) is 54.8 Å². The Hall–Kier alpha value is -2.51. The predicted octanol–water partition coefficient (Wildman–Crippen LogP) is 3.96. The summed E-state index contributed by atoms with van der Waals surface area (Å²) in [6, 6.07) is 15.2. The highest BCUT2D eigenvalue weighted by Gasteiger charge is 2.35. The number of benzene rings is 2. The first-order valence-electron chi connectivity index (χ1n) is 10.2. The van der Waals surface area contributed by atoms with Gasteiger partial charge in [0.2, 0.25) is 11.8 Å². The van der Waals surface area contributed by atoms with Crippen molar-refractivity contribution in [3.63, 3.8) is 0 Å². The number of ether oxygens (including phenoxy) is 2. The van der Waals surface area contributed by atoms with Crippen molar-refractivity contribution in [1.82, 2.24) is 0 Å². The average molecular weight is 427 g/mol. The van der Waals surface area contributed by atoms with Gasteiger partial charge >= 0.3 is 0 Å². The summed E-state index contributed by atoms with van der Waals surface area (Å²) < 4.78 is 11.4. The number of rotatable bonds is 7. The van der Waals surface area contributed by atoms with E-state index in [4.69, 9.17) is 9.47 Å². The van der Waals surface area contributed by atoms with Gasteiger partial charge in [-0.2, -0.15) is 0 Å². The Morgan fingerprint density at radius 1 is 1.27 bits per heavy atom. The standard InChI is InChI=1S/C23H26N2O4S/c1-30-21-9-7-18(8-10-21)25-14-16(12-22(25)26)23(27)24-17-4-2-5-19(13-17)29-15-20-6-3-11-28-20/h2,4-5,7-10,13,16,20H,3,6,11-12,14-15H2,1H3,(H,24,27). The molecule has 0 radical (unpaired) electrons. The van der Waals surface area contributed by atoms with Crippen molar-refractivity contribution in [2.75, 3.05) is 36.2 Å². The van der Waals surface area contributed by atoms with Crippen LogP contribution < -0.4 is 15.0 Å². The van der Waals surface area contributed by atoms with E-state index in [0.717, 1.165) is 30.0 Å². The average Bonchev–Trinajstić information content (AvgIpc) is 3.42. The molecule has 2 atom stereocenters. The molecule has 0 spiro atoms.